The number of rotatable bonds is 4. The Hall–Kier alpha value is -2.77. The van der Waals surface area contributed by atoms with Crippen LogP contribution in [-0.2, 0) is 11.3 Å². The molecule has 0 spiro atoms. The molecule has 4 aromatic rings. The highest BCUT2D eigenvalue weighted by molar-refractivity contribution is 7.19. The third-order valence-corrected chi connectivity index (χ3v) is 5.91. The van der Waals surface area contributed by atoms with Crippen molar-refractivity contribution in [3.05, 3.63) is 73.3 Å². The SMILES string of the molecule is Cc1ccc(-c2c(C)sc3nc(COC(=O)c4ccsc4)[nH]c(=O)c23)cc1. The molecule has 0 aliphatic heterocycles. The number of aromatic nitrogens is 2. The van der Waals surface area contributed by atoms with Crippen molar-refractivity contribution in [2.24, 2.45) is 0 Å². The Bertz CT molecular complexity index is 1170. The van der Waals surface area contributed by atoms with Gasteiger partial charge < -0.3 is 9.72 Å². The summed E-state index contributed by atoms with van der Waals surface area (Å²) in [6.07, 6.45) is 0. The number of nitrogens with zero attached hydrogens (tertiary/aromatic N) is 1. The lowest BCUT2D eigenvalue weighted by Gasteiger charge is -2.04. The molecule has 4 rings (SSSR count). The molecule has 0 bridgehead atoms. The molecule has 0 unspecified atom stereocenters. The van der Waals surface area contributed by atoms with Crippen LogP contribution < -0.4 is 5.56 Å². The van der Waals surface area contributed by atoms with E-state index in [2.05, 4.69) is 9.97 Å². The first kappa shape index (κ1) is 17.6. The number of fused-ring (bicyclic) bond motifs is 1. The zero-order chi connectivity index (χ0) is 19.0. The molecular formula is C20H16N2O3S2. The Labute approximate surface area is 163 Å². The van der Waals surface area contributed by atoms with Gasteiger partial charge >= 0.3 is 5.97 Å². The number of ether oxygens (including phenoxy) is 1. The summed E-state index contributed by atoms with van der Waals surface area (Å²) in [5.41, 5.74) is 3.34. The van der Waals surface area contributed by atoms with Crippen molar-refractivity contribution in [3.8, 4) is 11.1 Å². The van der Waals surface area contributed by atoms with Gasteiger partial charge in [-0.15, -0.1) is 11.3 Å². The molecule has 1 aromatic carbocycles. The molecule has 3 heterocycles. The minimum Gasteiger partial charge on any atom is -0.454 e. The quantitative estimate of drug-likeness (QED) is 0.508. The predicted octanol–water partition coefficient (Wildman–Crippen LogP) is 4.69. The topological polar surface area (TPSA) is 72.0 Å². The number of nitrogens with one attached hydrogen (secondary N) is 1. The third-order valence-electron chi connectivity index (χ3n) is 4.22. The van der Waals surface area contributed by atoms with Crippen molar-refractivity contribution in [1.29, 1.82) is 0 Å². The number of carbonyl (C=O) groups excluding carboxylic acids is 1. The van der Waals surface area contributed by atoms with Crippen LogP contribution in [-0.4, -0.2) is 15.9 Å². The summed E-state index contributed by atoms with van der Waals surface area (Å²) < 4.78 is 5.25. The van der Waals surface area contributed by atoms with Gasteiger partial charge in [0.1, 0.15) is 17.3 Å². The van der Waals surface area contributed by atoms with Crippen LogP contribution in [0.1, 0.15) is 26.6 Å². The number of aryl methyl sites for hydroxylation is 2. The van der Waals surface area contributed by atoms with Gasteiger partial charge in [-0.1, -0.05) is 29.8 Å². The van der Waals surface area contributed by atoms with Crippen LogP contribution in [0.3, 0.4) is 0 Å². The number of hydrogen-bond acceptors (Lipinski definition) is 6. The van der Waals surface area contributed by atoms with E-state index in [-0.39, 0.29) is 12.2 Å². The van der Waals surface area contributed by atoms with Crippen LogP contribution in [0.2, 0.25) is 0 Å². The van der Waals surface area contributed by atoms with E-state index in [4.69, 9.17) is 4.74 Å². The first-order valence-corrected chi connectivity index (χ1v) is 10.1. The molecule has 0 saturated carbocycles. The Kier molecular flexibility index (Phi) is 4.63. The maximum atomic E-state index is 12.7. The Morgan fingerprint density at radius 1 is 1.19 bits per heavy atom. The van der Waals surface area contributed by atoms with Crippen LogP contribution in [0.15, 0.2) is 45.9 Å². The van der Waals surface area contributed by atoms with Crippen LogP contribution in [0.25, 0.3) is 21.3 Å². The summed E-state index contributed by atoms with van der Waals surface area (Å²) in [7, 11) is 0. The van der Waals surface area contributed by atoms with Gasteiger partial charge in [0.25, 0.3) is 5.56 Å². The molecule has 0 amide bonds. The lowest BCUT2D eigenvalue weighted by molar-refractivity contribution is 0.0463. The van der Waals surface area contributed by atoms with Gasteiger partial charge in [-0.25, -0.2) is 9.78 Å². The number of aromatic amines is 1. The van der Waals surface area contributed by atoms with E-state index in [1.165, 1.54) is 22.7 Å². The molecule has 136 valence electrons. The van der Waals surface area contributed by atoms with E-state index < -0.39 is 5.97 Å². The summed E-state index contributed by atoms with van der Waals surface area (Å²) in [5, 5.41) is 4.11. The fourth-order valence-corrected chi connectivity index (χ4v) is 4.59. The van der Waals surface area contributed by atoms with E-state index in [1.807, 2.05) is 43.5 Å². The van der Waals surface area contributed by atoms with Crippen molar-refractivity contribution in [3.63, 3.8) is 0 Å². The molecular weight excluding hydrogens is 380 g/mol. The lowest BCUT2D eigenvalue weighted by Crippen LogP contribution is -2.14. The minimum atomic E-state index is -0.429. The molecule has 0 fully saturated rings. The molecule has 0 radical (unpaired) electrons. The molecule has 0 atom stereocenters. The molecule has 1 N–H and O–H groups in total. The zero-order valence-corrected chi connectivity index (χ0v) is 16.4. The van der Waals surface area contributed by atoms with E-state index in [0.717, 1.165) is 21.6 Å². The Morgan fingerprint density at radius 3 is 2.67 bits per heavy atom. The highest BCUT2D eigenvalue weighted by atomic mass is 32.1. The number of esters is 1. The summed E-state index contributed by atoms with van der Waals surface area (Å²) >= 11 is 2.89. The summed E-state index contributed by atoms with van der Waals surface area (Å²) in [6.45, 7) is 3.94. The molecule has 3 aromatic heterocycles. The average molecular weight is 396 g/mol. The minimum absolute atomic E-state index is 0.0727. The van der Waals surface area contributed by atoms with Crippen molar-refractivity contribution in [2.75, 3.05) is 0 Å². The van der Waals surface area contributed by atoms with E-state index in [1.54, 1.807) is 11.4 Å². The molecule has 5 nitrogen and oxygen atoms in total. The second-order valence-corrected chi connectivity index (χ2v) is 8.16. The van der Waals surface area contributed by atoms with E-state index in [9.17, 15) is 9.59 Å². The highest BCUT2D eigenvalue weighted by Crippen LogP contribution is 2.35. The monoisotopic (exact) mass is 396 g/mol. The highest BCUT2D eigenvalue weighted by Gasteiger charge is 2.17. The van der Waals surface area contributed by atoms with Gasteiger partial charge in [0, 0.05) is 15.8 Å². The van der Waals surface area contributed by atoms with Crippen molar-refractivity contribution >= 4 is 38.9 Å². The smallest absolute Gasteiger partial charge is 0.339 e. The second-order valence-electron chi connectivity index (χ2n) is 6.18. The first-order valence-electron chi connectivity index (χ1n) is 8.31. The fourth-order valence-electron chi connectivity index (χ4n) is 2.90. The molecule has 0 aliphatic rings. The largest absolute Gasteiger partial charge is 0.454 e. The number of H-pyrrole nitrogens is 1. The maximum absolute atomic E-state index is 12.7. The first-order chi connectivity index (χ1) is 13.0. The van der Waals surface area contributed by atoms with Gasteiger partial charge in [-0.05, 0) is 30.9 Å². The number of carbonyl (C=O) groups is 1. The van der Waals surface area contributed by atoms with E-state index >= 15 is 0 Å². The van der Waals surface area contributed by atoms with Gasteiger partial charge in [0.15, 0.2) is 0 Å². The van der Waals surface area contributed by atoms with Gasteiger partial charge in [0.2, 0.25) is 0 Å². The van der Waals surface area contributed by atoms with Crippen molar-refractivity contribution < 1.29 is 9.53 Å². The van der Waals surface area contributed by atoms with Gasteiger partial charge in [0.05, 0.1) is 10.9 Å². The summed E-state index contributed by atoms with van der Waals surface area (Å²) in [6, 6.07) is 9.78. The maximum Gasteiger partial charge on any atom is 0.339 e. The second kappa shape index (κ2) is 7.09. The van der Waals surface area contributed by atoms with E-state index in [0.29, 0.717) is 21.6 Å². The summed E-state index contributed by atoms with van der Waals surface area (Å²) in [5.74, 6) is -0.0884. The zero-order valence-electron chi connectivity index (χ0n) is 14.7. The fraction of sp³-hybridized carbons (Fsp3) is 0.150. The summed E-state index contributed by atoms with van der Waals surface area (Å²) in [4.78, 5) is 33.6. The van der Waals surface area contributed by atoms with Gasteiger partial charge in [-0.3, -0.25) is 4.79 Å². The predicted molar refractivity (Wildman–Crippen MR) is 109 cm³/mol. The number of thiophene rings is 2. The Morgan fingerprint density at radius 2 is 1.96 bits per heavy atom. The normalized spacial score (nSPS) is 11.0. The molecule has 0 aliphatic carbocycles. The third kappa shape index (κ3) is 3.43. The number of benzene rings is 1. The molecule has 27 heavy (non-hydrogen) atoms. The van der Waals surface area contributed by atoms with Crippen LogP contribution in [0.5, 0.6) is 0 Å². The average Bonchev–Trinajstić information content (AvgIpc) is 3.28. The Balaban J connectivity index is 1.68. The molecule has 7 heteroatoms. The van der Waals surface area contributed by atoms with Gasteiger partial charge in [-0.2, -0.15) is 11.3 Å². The van der Waals surface area contributed by atoms with Crippen LogP contribution in [0.4, 0.5) is 0 Å². The van der Waals surface area contributed by atoms with Crippen molar-refractivity contribution in [1.82, 2.24) is 9.97 Å². The van der Waals surface area contributed by atoms with Crippen LogP contribution in [0, 0.1) is 13.8 Å². The van der Waals surface area contributed by atoms with Crippen molar-refractivity contribution in [2.45, 2.75) is 20.5 Å². The number of hydrogen-bond donors (Lipinski definition) is 1. The standard InChI is InChI=1S/C20H16N2O3S2/c1-11-3-5-13(6-4-11)16-12(2)27-19-17(16)18(23)21-15(22-19)9-25-20(24)14-7-8-26-10-14/h3-8,10H,9H2,1-2H3,(H,21,22,23). The lowest BCUT2D eigenvalue weighted by atomic mass is 10.0. The molecule has 0 saturated heterocycles. The van der Waals surface area contributed by atoms with Crippen LogP contribution >= 0.6 is 22.7 Å².